The lowest BCUT2D eigenvalue weighted by Gasteiger charge is -2.07. The normalized spacial score (nSPS) is 11.5. The highest BCUT2D eigenvalue weighted by atomic mass is 16.3. The zero-order valence-electron chi connectivity index (χ0n) is 11.0. The zero-order valence-corrected chi connectivity index (χ0v) is 11.0. The first-order valence-corrected chi connectivity index (χ1v) is 6.43. The topological polar surface area (TPSA) is 77.0 Å². The van der Waals surface area contributed by atoms with Crippen molar-refractivity contribution in [1.82, 2.24) is 14.5 Å². The van der Waals surface area contributed by atoms with Gasteiger partial charge in [-0.1, -0.05) is 6.92 Å². The molecule has 0 aliphatic carbocycles. The van der Waals surface area contributed by atoms with E-state index in [0.717, 1.165) is 35.2 Å². The van der Waals surface area contributed by atoms with Crippen molar-refractivity contribution < 1.29 is 5.11 Å². The molecule has 0 fully saturated rings. The number of phenols is 1. The maximum absolute atomic E-state index is 9.57. The van der Waals surface area contributed by atoms with Gasteiger partial charge in [0.25, 0.3) is 0 Å². The van der Waals surface area contributed by atoms with E-state index >= 15 is 0 Å². The van der Waals surface area contributed by atoms with Gasteiger partial charge in [0.1, 0.15) is 17.1 Å². The number of aryl methyl sites for hydroxylation is 2. The van der Waals surface area contributed by atoms with Gasteiger partial charge in [-0.25, -0.2) is 9.97 Å². The standard InChI is InChI=1S/C14H16N4O/c1-3-11-17-12-13(18(11)4-2)9-6-5-8(19)7-10(9)16-14(12)15/h5-7,19H,3-4H2,1-2H3,(H2,15,16). The number of nitrogens with two attached hydrogens (primary N) is 1. The van der Waals surface area contributed by atoms with Crippen molar-refractivity contribution in [2.24, 2.45) is 0 Å². The molecule has 2 heterocycles. The molecule has 0 aliphatic heterocycles. The summed E-state index contributed by atoms with van der Waals surface area (Å²) in [5.74, 6) is 1.61. The molecule has 19 heavy (non-hydrogen) atoms. The van der Waals surface area contributed by atoms with Gasteiger partial charge in [-0.2, -0.15) is 0 Å². The van der Waals surface area contributed by atoms with Crippen LogP contribution in [0.5, 0.6) is 5.75 Å². The van der Waals surface area contributed by atoms with Gasteiger partial charge in [0.05, 0.1) is 11.0 Å². The number of phenolic OH excluding ortho intramolecular Hbond substituents is 1. The number of hydrogen-bond donors (Lipinski definition) is 2. The van der Waals surface area contributed by atoms with Gasteiger partial charge in [0.2, 0.25) is 0 Å². The second-order valence-corrected chi connectivity index (χ2v) is 4.52. The van der Waals surface area contributed by atoms with Crippen LogP contribution in [0, 0.1) is 0 Å². The van der Waals surface area contributed by atoms with Crippen molar-refractivity contribution in [1.29, 1.82) is 0 Å². The number of aromatic hydroxyl groups is 1. The first-order valence-electron chi connectivity index (χ1n) is 6.43. The summed E-state index contributed by atoms with van der Waals surface area (Å²) in [4.78, 5) is 8.92. The number of benzene rings is 1. The average Bonchev–Trinajstić information content (AvgIpc) is 2.77. The van der Waals surface area contributed by atoms with E-state index in [2.05, 4.69) is 28.4 Å². The summed E-state index contributed by atoms with van der Waals surface area (Å²) >= 11 is 0. The Morgan fingerprint density at radius 1 is 1.26 bits per heavy atom. The van der Waals surface area contributed by atoms with Crippen LogP contribution in [0.25, 0.3) is 21.9 Å². The zero-order chi connectivity index (χ0) is 13.6. The molecule has 0 unspecified atom stereocenters. The number of imidazole rings is 1. The summed E-state index contributed by atoms with van der Waals surface area (Å²) in [6.07, 6.45) is 0.849. The number of pyridine rings is 1. The van der Waals surface area contributed by atoms with E-state index in [1.807, 2.05) is 6.07 Å². The molecule has 3 aromatic rings. The SMILES string of the molecule is CCc1nc2c(N)nc3cc(O)ccc3c2n1CC. The molecule has 0 amide bonds. The Labute approximate surface area is 110 Å². The number of fused-ring (bicyclic) bond motifs is 3. The molecule has 0 aliphatic rings. The van der Waals surface area contributed by atoms with Crippen molar-refractivity contribution in [2.75, 3.05) is 5.73 Å². The van der Waals surface area contributed by atoms with Gasteiger partial charge >= 0.3 is 0 Å². The third kappa shape index (κ3) is 1.62. The summed E-state index contributed by atoms with van der Waals surface area (Å²) in [6.45, 7) is 4.99. The van der Waals surface area contributed by atoms with E-state index in [1.54, 1.807) is 12.1 Å². The Hall–Kier alpha value is -2.30. The van der Waals surface area contributed by atoms with Crippen molar-refractivity contribution in [3.63, 3.8) is 0 Å². The average molecular weight is 256 g/mol. The first kappa shape index (κ1) is 11.8. The van der Waals surface area contributed by atoms with E-state index in [0.29, 0.717) is 11.3 Å². The van der Waals surface area contributed by atoms with E-state index in [1.165, 1.54) is 0 Å². The summed E-state index contributed by atoms with van der Waals surface area (Å²) in [7, 11) is 0. The number of nitrogen functional groups attached to an aromatic ring is 1. The molecule has 5 nitrogen and oxygen atoms in total. The molecule has 2 aromatic heterocycles. The predicted octanol–water partition coefficient (Wildman–Crippen LogP) is 2.45. The lowest BCUT2D eigenvalue weighted by Crippen LogP contribution is -2.00. The van der Waals surface area contributed by atoms with E-state index in [9.17, 15) is 5.11 Å². The maximum Gasteiger partial charge on any atom is 0.152 e. The van der Waals surface area contributed by atoms with Crippen molar-refractivity contribution >= 4 is 27.8 Å². The van der Waals surface area contributed by atoms with E-state index in [-0.39, 0.29) is 5.75 Å². The number of aromatic nitrogens is 3. The third-order valence-corrected chi connectivity index (χ3v) is 3.40. The largest absolute Gasteiger partial charge is 0.508 e. The predicted molar refractivity (Wildman–Crippen MR) is 76.2 cm³/mol. The third-order valence-electron chi connectivity index (χ3n) is 3.40. The van der Waals surface area contributed by atoms with Crippen LogP contribution in [0.3, 0.4) is 0 Å². The van der Waals surface area contributed by atoms with Crippen molar-refractivity contribution in [2.45, 2.75) is 26.8 Å². The van der Waals surface area contributed by atoms with Crippen LogP contribution in [0.4, 0.5) is 5.82 Å². The molecule has 5 heteroatoms. The minimum absolute atomic E-state index is 0.192. The molecule has 0 radical (unpaired) electrons. The highest BCUT2D eigenvalue weighted by Gasteiger charge is 2.15. The molecule has 0 spiro atoms. The summed E-state index contributed by atoms with van der Waals surface area (Å²) in [5, 5.41) is 10.5. The fourth-order valence-corrected chi connectivity index (χ4v) is 2.56. The van der Waals surface area contributed by atoms with Crippen LogP contribution in [-0.2, 0) is 13.0 Å². The van der Waals surface area contributed by atoms with E-state index < -0.39 is 0 Å². The van der Waals surface area contributed by atoms with Gasteiger partial charge in [0, 0.05) is 24.4 Å². The summed E-state index contributed by atoms with van der Waals surface area (Å²) < 4.78 is 2.16. The second-order valence-electron chi connectivity index (χ2n) is 4.52. The highest BCUT2D eigenvalue weighted by Crippen LogP contribution is 2.30. The molecule has 0 bridgehead atoms. The van der Waals surface area contributed by atoms with Gasteiger partial charge in [-0.3, -0.25) is 0 Å². The van der Waals surface area contributed by atoms with Gasteiger partial charge < -0.3 is 15.4 Å². The van der Waals surface area contributed by atoms with Gasteiger partial charge in [-0.05, 0) is 19.1 Å². The Bertz CT molecular complexity index is 776. The molecular formula is C14H16N4O. The Kier molecular flexibility index (Phi) is 2.55. The van der Waals surface area contributed by atoms with Crippen molar-refractivity contribution in [3.8, 4) is 5.75 Å². The van der Waals surface area contributed by atoms with Crippen LogP contribution in [0.1, 0.15) is 19.7 Å². The molecular weight excluding hydrogens is 240 g/mol. The number of hydrogen-bond acceptors (Lipinski definition) is 4. The summed E-state index contributed by atoms with van der Waals surface area (Å²) in [5.41, 5.74) is 8.44. The Morgan fingerprint density at radius 2 is 2.05 bits per heavy atom. The number of anilines is 1. The van der Waals surface area contributed by atoms with Crippen LogP contribution in [-0.4, -0.2) is 19.6 Å². The van der Waals surface area contributed by atoms with Crippen LogP contribution in [0.2, 0.25) is 0 Å². The van der Waals surface area contributed by atoms with Crippen LogP contribution < -0.4 is 5.73 Å². The molecule has 98 valence electrons. The molecule has 0 atom stereocenters. The highest BCUT2D eigenvalue weighted by molar-refractivity contribution is 6.06. The fourth-order valence-electron chi connectivity index (χ4n) is 2.56. The maximum atomic E-state index is 9.57. The number of rotatable bonds is 2. The lowest BCUT2D eigenvalue weighted by atomic mass is 10.1. The molecule has 3 rings (SSSR count). The lowest BCUT2D eigenvalue weighted by molar-refractivity contribution is 0.476. The fraction of sp³-hybridized carbons (Fsp3) is 0.286. The Morgan fingerprint density at radius 3 is 2.74 bits per heavy atom. The molecule has 1 aromatic carbocycles. The minimum atomic E-state index is 0.192. The smallest absolute Gasteiger partial charge is 0.152 e. The molecule has 0 saturated carbocycles. The second kappa shape index (κ2) is 4.12. The van der Waals surface area contributed by atoms with Crippen LogP contribution >= 0.6 is 0 Å². The monoisotopic (exact) mass is 256 g/mol. The van der Waals surface area contributed by atoms with Crippen LogP contribution in [0.15, 0.2) is 18.2 Å². The van der Waals surface area contributed by atoms with Gasteiger partial charge in [-0.15, -0.1) is 0 Å². The van der Waals surface area contributed by atoms with E-state index in [4.69, 9.17) is 5.73 Å². The Balaban J connectivity index is 2.54. The first-order chi connectivity index (χ1) is 9.15. The molecule has 3 N–H and O–H groups in total. The number of nitrogens with zero attached hydrogens (tertiary/aromatic N) is 3. The van der Waals surface area contributed by atoms with Gasteiger partial charge in [0.15, 0.2) is 5.82 Å². The van der Waals surface area contributed by atoms with Crippen molar-refractivity contribution in [3.05, 3.63) is 24.0 Å². The molecule has 0 saturated heterocycles. The quantitative estimate of drug-likeness (QED) is 0.738. The minimum Gasteiger partial charge on any atom is -0.508 e. The summed E-state index contributed by atoms with van der Waals surface area (Å²) in [6, 6.07) is 5.16.